The molecule has 0 saturated heterocycles. The Kier molecular flexibility index (Phi) is 2.43. The Morgan fingerprint density at radius 2 is 2.07 bits per heavy atom. The Hall–Kier alpha value is -0.410. The molecule has 82 valence electrons. The van der Waals surface area contributed by atoms with E-state index in [-0.39, 0.29) is 17.8 Å². The molecule has 0 heterocycles. The normalized spacial score (nSPS) is 27.8. The third-order valence-electron chi connectivity index (χ3n) is 3.63. The van der Waals surface area contributed by atoms with Crippen molar-refractivity contribution in [2.45, 2.75) is 25.7 Å². The van der Waals surface area contributed by atoms with Crippen LogP contribution in [-0.4, -0.2) is 11.7 Å². The van der Waals surface area contributed by atoms with Crippen LogP contribution in [0.4, 0.5) is 4.39 Å². The molecule has 3 heteroatoms. The average molecular weight is 273 g/mol. The van der Waals surface area contributed by atoms with Crippen molar-refractivity contribution in [2.75, 3.05) is 6.61 Å². The van der Waals surface area contributed by atoms with E-state index in [1.165, 1.54) is 6.07 Å². The van der Waals surface area contributed by atoms with Crippen molar-refractivity contribution in [1.82, 2.24) is 0 Å². The van der Waals surface area contributed by atoms with Crippen LogP contribution in [0.25, 0.3) is 0 Å². The zero-order chi connectivity index (χ0) is 11.3. The fourth-order valence-electron chi connectivity index (χ4n) is 2.44. The van der Waals surface area contributed by atoms with Crippen LogP contribution < -0.4 is 0 Å². The quantitative estimate of drug-likeness (QED) is 0.877. The van der Waals surface area contributed by atoms with Crippen molar-refractivity contribution in [2.24, 2.45) is 5.41 Å². The molecule has 15 heavy (non-hydrogen) atoms. The summed E-state index contributed by atoms with van der Waals surface area (Å²) in [5.74, 6) is -0.232. The van der Waals surface area contributed by atoms with Crippen molar-refractivity contribution in [3.8, 4) is 0 Å². The summed E-state index contributed by atoms with van der Waals surface area (Å²) in [7, 11) is 0. The second-order valence-electron chi connectivity index (χ2n) is 4.90. The molecule has 1 unspecified atom stereocenters. The van der Waals surface area contributed by atoms with E-state index in [1.807, 2.05) is 6.07 Å². The van der Waals surface area contributed by atoms with E-state index in [1.54, 1.807) is 6.07 Å². The predicted octanol–water partition coefficient (Wildman–Crippen LogP) is 3.25. The minimum Gasteiger partial charge on any atom is -0.395 e. The summed E-state index contributed by atoms with van der Waals surface area (Å²) in [6, 6.07) is 4.94. The molecule has 0 aromatic heterocycles. The van der Waals surface area contributed by atoms with Crippen LogP contribution in [0.2, 0.25) is 0 Å². The van der Waals surface area contributed by atoms with Gasteiger partial charge in [-0.25, -0.2) is 4.39 Å². The van der Waals surface area contributed by atoms with Gasteiger partial charge in [0.1, 0.15) is 5.82 Å². The van der Waals surface area contributed by atoms with Gasteiger partial charge in [-0.15, -0.1) is 0 Å². The summed E-state index contributed by atoms with van der Waals surface area (Å²) >= 11 is 3.36. The van der Waals surface area contributed by atoms with Gasteiger partial charge in [-0.1, -0.05) is 35.8 Å². The molecular formula is C12H14BrFO. The van der Waals surface area contributed by atoms with Crippen molar-refractivity contribution < 1.29 is 9.50 Å². The van der Waals surface area contributed by atoms with Crippen LogP contribution in [0.15, 0.2) is 22.7 Å². The molecule has 1 N–H and O–H groups in total. The molecule has 1 saturated carbocycles. The van der Waals surface area contributed by atoms with E-state index in [4.69, 9.17) is 0 Å². The fourth-order valence-corrected chi connectivity index (χ4v) is 3.16. The molecule has 1 aliphatic carbocycles. The van der Waals surface area contributed by atoms with Gasteiger partial charge in [-0.2, -0.15) is 0 Å². The SMILES string of the molecule is CC1(C)CC1(CO)c1c(F)cccc1Br. The van der Waals surface area contributed by atoms with Crippen molar-refractivity contribution in [1.29, 1.82) is 0 Å². The molecule has 2 rings (SSSR count). The van der Waals surface area contributed by atoms with E-state index in [2.05, 4.69) is 29.8 Å². The van der Waals surface area contributed by atoms with Gasteiger partial charge >= 0.3 is 0 Å². The Labute approximate surface area is 97.4 Å². The summed E-state index contributed by atoms with van der Waals surface area (Å²) in [5, 5.41) is 9.51. The highest BCUT2D eigenvalue weighted by molar-refractivity contribution is 9.10. The highest BCUT2D eigenvalue weighted by atomic mass is 79.9. The molecule has 1 fully saturated rings. The zero-order valence-electron chi connectivity index (χ0n) is 8.85. The lowest BCUT2D eigenvalue weighted by Gasteiger charge is -2.20. The van der Waals surface area contributed by atoms with E-state index >= 15 is 0 Å². The molecule has 1 aromatic carbocycles. The molecule has 1 nitrogen and oxygen atoms in total. The Bertz CT molecular complexity index is 382. The van der Waals surface area contributed by atoms with Gasteiger partial charge in [0.25, 0.3) is 0 Å². The molecule has 0 spiro atoms. The molecule has 0 bridgehead atoms. The van der Waals surface area contributed by atoms with E-state index in [0.717, 1.165) is 10.9 Å². The summed E-state index contributed by atoms with van der Waals surface area (Å²) < 4.78 is 14.5. The highest BCUT2D eigenvalue weighted by Crippen LogP contribution is 2.65. The third-order valence-corrected chi connectivity index (χ3v) is 4.29. The Balaban J connectivity index is 2.55. The predicted molar refractivity (Wildman–Crippen MR) is 61.3 cm³/mol. The maximum atomic E-state index is 13.8. The summed E-state index contributed by atoms with van der Waals surface area (Å²) in [6.07, 6.45) is 0.829. The number of rotatable bonds is 2. The first-order valence-electron chi connectivity index (χ1n) is 5.00. The number of hydrogen-bond donors (Lipinski definition) is 1. The van der Waals surface area contributed by atoms with Crippen LogP contribution in [-0.2, 0) is 5.41 Å². The first-order chi connectivity index (χ1) is 6.94. The van der Waals surface area contributed by atoms with Gasteiger partial charge < -0.3 is 5.11 Å². The van der Waals surface area contributed by atoms with Crippen molar-refractivity contribution >= 4 is 15.9 Å². The second-order valence-corrected chi connectivity index (χ2v) is 5.75. The Morgan fingerprint density at radius 3 is 2.47 bits per heavy atom. The molecule has 1 aliphatic rings. The van der Waals surface area contributed by atoms with Crippen LogP contribution >= 0.6 is 15.9 Å². The number of hydrogen-bond acceptors (Lipinski definition) is 1. The van der Waals surface area contributed by atoms with Crippen LogP contribution in [0.5, 0.6) is 0 Å². The van der Waals surface area contributed by atoms with E-state index in [9.17, 15) is 9.50 Å². The van der Waals surface area contributed by atoms with Crippen molar-refractivity contribution in [3.63, 3.8) is 0 Å². The first kappa shape index (κ1) is 11.1. The van der Waals surface area contributed by atoms with Gasteiger partial charge in [0, 0.05) is 15.5 Å². The minimum atomic E-state index is -0.406. The monoisotopic (exact) mass is 272 g/mol. The minimum absolute atomic E-state index is 0.000463. The molecule has 1 aromatic rings. The highest BCUT2D eigenvalue weighted by Gasteiger charge is 2.63. The van der Waals surface area contributed by atoms with Crippen molar-refractivity contribution in [3.05, 3.63) is 34.1 Å². The topological polar surface area (TPSA) is 20.2 Å². The van der Waals surface area contributed by atoms with Gasteiger partial charge in [0.05, 0.1) is 6.61 Å². The number of aliphatic hydroxyl groups excluding tert-OH is 1. The molecule has 0 amide bonds. The number of aliphatic hydroxyl groups is 1. The summed E-state index contributed by atoms with van der Waals surface area (Å²) in [4.78, 5) is 0. The maximum absolute atomic E-state index is 13.8. The number of halogens is 2. The van der Waals surface area contributed by atoms with Gasteiger partial charge in [0.15, 0.2) is 0 Å². The summed E-state index contributed by atoms with van der Waals surface area (Å²) in [6.45, 7) is 4.11. The van der Waals surface area contributed by atoms with Gasteiger partial charge in [-0.3, -0.25) is 0 Å². The van der Waals surface area contributed by atoms with E-state index in [0.29, 0.717) is 5.56 Å². The molecule has 0 radical (unpaired) electrons. The second kappa shape index (κ2) is 3.29. The fraction of sp³-hybridized carbons (Fsp3) is 0.500. The Morgan fingerprint density at radius 1 is 1.47 bits per heavy atom. The zero-order valence-corrected chi connectivity index (χ0v) is 10.4. The van der Waals surface area contributed by atoms with Gasteiger partial charge in [0.2, 0.25) is 0 Å². The van der Waals surface area contributed by atoms with Gasteiger partial charge in [-0.05, 0) is 24.0 Å². The van der Waals surface area contributed by atoms with Crippen LogP contribution in [0.1, 0.15) is 25.8 Å². The molecular weight excluding hydrogens is 259 g/mol. The van der Waals surface area contributed by atoms with Crippen LogP contribution in [0.3, 0.4) is 0 Å². The maximum Gasteiger partial charge on any atom is 0.128 e. The molecule has 1 atom stereocenters. The third kappa shape index (κ3) is 1.44. The first-order valence-corrected chi connectivity index (χ1v) is 5.79. The standard InChI is InChI=1S/C12H14BrFO/c1-11(2)6-12(11,7-15)10-8(13)4-3-5-9(10)14/h3-5,15H,6-7H2,1-2H3. The summed E-state index contributed by atoms with van der Waals surface area (Å²) in [5.41, 5.74) is 0.196. The van der Waals surface area contributed by atoms with Crippen LogP contribution in [0, 0.1) is 11.2 Å². The molecule has 0 aliphatic heterocycles. The largest absolute Gasteiger partial charge is 0.395 e. The average Bonchev–Trinajstić information content (AvgIpc) is 2.69. The number of benzene rings is 1. The lowest BCUT2D eigenvalue weighted by Crippen LogP contribution is -2.21. The lowest BCUT2D eigenvalue weighted by molar-refractivity contribution is 0.227. The lowest BCUT2D eigenvalue weighted by atomic mass is 9.88. The van der Waals surface area contributed by atoms with E-state index < -0.39 is 5.41 Å². The smallest absolute Gasteiger partial charge is 0.128 e.